The van der Waals surface area contributed by atoms with Crippen LogP contribution in [0.5, 0.6) is 11.5 Å². The van der Waals surface area contributed by atoms with Crippen LogP contribution < -0.4 is 30.7 Å². The summed E-state index contributed by atoms with van der Waals surface area (Å²) < 4.78 is 11.4. The molecule has 1 saturated carbocycles. The van der Waals surface area contributed by atoms with Crippen LogP contribution in [0.3, 0.4) is 0 Å². The number of thiocarbonyl (C=S) groups is 2. The van der Waals surface area contributed by atoms with Crippen LogP contribution >= 0.6 is 24.4 Å². The van der Waals surface area contributed by atoms with Gasteiger partial charge >= 0.3 is 0 Å². The number of piperidine rings is 6. The second-order valence-electron chi connectivity index (χ2n) is 18.3. The first-order valence-corrected chi connectivity index (χ1v) is 23.6. The lowest BCUT2D eigenvalue weighted by atomic mass is 9.72. The fourth-order valence-electron chi connectivity index (χ4n) is 12.0. The molecule has 12 heteroatoms. The SMILES string of the molecule is CC[C@@H]1CN2CC[C@@H]1C[C@@H]2[C@@H](NC(=S)N[C@@H]1CCCC[C@H]1NC(=S)N[C@@H](c1ccnc2ccc(OC)cc12)[C@@H]1C[C@@H]2CCN1C[C@@H]2CC)c1ccnc2ccc(OC)cc12. The Hall–Kier alpha value is -3.84. The number of nitrogens with one attached hydrogen (secondary N) is 4. The fraction of sp³-hybridized carbons (Fsp3) is 0.583. The van der Waals surface area contributed by atoms with Crippen LogP contribution in [0.25, 0.3) is 21.8 Å². The summed E-state index contributed by atoms with van der Waals surface area (Å²) in [6, 6.07) is 17.7. The predicted molar refractivity (Wildman–Crippen MR) is 250 cm³/mol. The summed E-state index contributed by atoms with van der Waals surface area (Å²) in [5.74, 6) is 4.68. The zero-order chi connectivity index (χ0) is 41.3. The van der Waals surface area contributed by atoms with Crippen molar-refractivity contribution in [1.29, 1.82) is 0 Å². The lowest BCUT2D eigenvalue weighted by Gasteiger charge is -2.52. The van der Waals surface area contributed by atoms with Crippen LogP contribution in [0.4, 0.5) is 0 Å². The molecule has 60 heavy (non-hydrogen) atoms. The highest BCUT2D eigenvalue weighted by Gasteiger charge is 2.45. The maximum atomic E-state index is 6.31. The maximum absolute atomic E-state index is 6.31. The highest BCUT2D eigenvalue weighted by Crippen LogP contribution is 2.45. The topological polar surface area (TPSA) is 98.8 Å². The minimum Gasteiger partial charge on any atom is -0.497 e. The molecule has 12 atom stereocenters. The van der Waals surface area contributed by atoms with Crippen molar-refractivity contribution in [3.63, 3.8) is 0 Å². The van der Waals surface area contributed by atoms with Gasteiger partial charge in [-0.2, -0.15) is 0 Å². The van der Waals surface area contributed by atoms with Gasteiger partial charge in [-0.1, -0.05) is 39.5 Å². The van der Waals surface area contributed by atoms with Gasteiger partial charge in [-0.25, -0.2) is 0 Å². The van der Waals surface area contributed by atoms with Crippen LogP contribution in [-0.2, 0) is 0 Å². The molecule has 8 heterocycles. The molecular formula is C48H64N8O2S2. The summed E-state index contributed by atoms with van der Waals surface area (Å²) in [6.07, 6.45) is 15.6. The molecule has 11 rings (SSSR count). The van der Waals surface area contributed by atoms with Crippen molar-refractivity contribution in [1.82, 2.24) is 41.0 Å². The van der Waals surface area contributed by atoms with Crippen LogP contribution in [0.1, 0.15) is 101 Å². The van der Waals surface area contributed by atoms with Gasteiger partial charge in [-0.05, 0) is 159 Å². The molecule has 10 nitrogen and oxygen atoms in total. The van der Waals surface area contributed by atoms with Gasteiger partial charge in [0.25, 0.3) is 0 Å². The molecule has 6 aliphatic heterocycles. The van der Waals surface area contributed by atoms with Gasteiger partial charge in [0, 0.05) is 60.4 Å². The van der Waals surface area contributed by atoms with Crippen molar-refractivity contribution < 1.29 is 9.47 Å². The van der Waals surface area contributed by atoms with Gasteiger partial charge in [-0.15, -0.1) is 0 Å². The van der Waals surface area contributed by atoms with E-state index in [9.17, 15) is 0 Å². The standard InChI is InChI=1S/C48H64N8O2S2/c1-5-29-27-55-21-17-31(29)23-43(55)45(35-15-19-49-39-13-11-33(57-3)25-37(35)39)53-47(59)51-41-9-7-8-10-42(41)52-48(60)54-46(44-24-32-18-22-56(44)28-30(32)6-2)36-16-20-50-40-14-12-34(58-4)26-38(36)40/h11-16,19-20,25-26,29-32,41-46H,5-10,17-18,21-24,27-28H2,1-4H3,(H2,51,53,59)(H2,52,54,60)/t29-,30+,31-,32+,41-,42-,43-,44+,45+,46+/m1/s1. The van der Waals surface area contributed by atoms with Crippen LogP contribution in [0, 0.1) is 23.7 Å². The molecule has 6 saturated heterocycles. The van der Waals surface area contributed by atoms with E-state index in [1.165, 1.54) is 49.7 Å². The number of ether oxygens (including phenoxy) is 2. The van der Waals surface area contributed by atoms with Gasteiger partial charge in [0.15, 0.2) is 10.2 Å². The molecule has 7 aliphatic rings. The van der Waals surface area contributed by atoms with E-state index in [2.05, 4.69) is 81.3 Å². The normalized spacial score (nSPS) is 30.7. The Labute approximate surface area is 367 Å². The second kappa shape index (κ2) is 18.2. The summed E-state index contributed by atoms with van der Waals surface area (Å²) in [5, 5.41) is 19.2. The molecule has 4 N–H and O–H groups in total. The third-order valence-electron chi connectivity index (χ3n) is 15.3. The Kier molecular flexibility index (Phi) is 12.6. The Morgan fingerprint density at radius 1 is 0.667 bits per heavy atom. The summed E-state index contributed by atoms with van der Waals surface area (Å²) in [4.78, 5) is 15.0. The number of aromatic nitrogens is 2. The zero-order valence-electron chi connectivity index (χ0n) is 35.9. The first-order chi connectivity index (χ1) is 29.3. The average Bonchev–Trinajstić information content (AvgIpc) is 3.30. The molecule has 320 valence electrons. The average molecular weight is 849 g/mol. The molecular weight excluding hydrogens is 785 g/mol. The van der Waals surface area contributed by atoms with Crippen molar-refractivity contribution in [2.75, 3.05) is 40.4 Å². The highest BCUT2D eigenvalue weighted by atomic mass is 32.1. The van der Waals surface area contributed by atoms with Crippen molar-refractivity contribution in [2.45, 2.75) is 114 Å². The number of fused-ring (bicyclic) bond motifs is 8. The highest BCUT2D eigenvalue weighted by molar-refractivity contribution is 7.80. The first-order valence-electron chi connectivity index (χ1n) is 22.8. The number of benzene rings is 2. The van der Waals surface area contributed by atoms with Gasteiger partial charge < -0.3 is 30.7 Å². The van der Waals surface area contributed by atoms with Crippen molar-refractivity contribution in [3.8, 4) is 11.5 Å². The molecule has 1 aliphatic carbocycles. The minimum atomic E-state index is 0.00338. The summed E-state index contributed by atoms with van der Waals surface area (Å²) in [5.41, 5.74) is 4.39. The van der Waals surface area contributed by atoms with E-state index in [0.717, 1.165) is 109 Å². The first kappa shape index (κ1) is 41.5. The molecule has 0 spiro atoms. The van der Waals surface area contributed by atoms with Gasteiger partial charge in [0.1, 0.15) is 11.5 Å². The Morgan fingerprint density at radius 3 is 1.50 bits per heavy atom. The van der Waals surface area contributed by atoms with E-state index >= 15 is 0 Å². The summed E-state index contributed by atoms with van der Waals surface area (Å²) >= 11 is 12.6. The maximum Gasteiger partial charge on any atom is 0.167 e. The molecule has 4 bridgehead atoms. The van der Waals surface area contributed by atoms with Gasteiger partial charge in [0.2, 0.25) is 0 Å². The zero-order valence-corrected chi connectivity index (χ0v) is 37.5. The fourth-order valence-corrected chi connectivity index (χ4v) is 12.6. The number of hydrogen-bond acceptors (Lipinski definition) is 8. The quantitative estimate of drug-likeness (QED) is 0.104. The Balaban J connectivity index is 0.950. The van der Waals surface area contributed by atoms with E-state index in [1.807, 2.05) is 24.5 Å². The molecule has 2 aromatic carbocycles. The number of methoxy groups -OCH3 is 2. The molecule has 0 amide bonds. The van der Waals surface area contributed by atoms with Crippen molar-refractivity contribution in [2.24, 2.45) is 23.7 Å². The predicted octanol–water partition coefficient (Wildman–Crippen LogP) is 8.06. The minimum absolute atomic E-state index is 0.00338. The number of nitrogens with zero attached hydrogens (tertiary/aromatic N) is 4. The van der Waals surface area contributed by atoms with Gasteiger partial charge in [0.05, 0.1) is 37.3 Å². The molecule has 2 unspecified atom stereocenters. The molecule has 7 fully saturated rings. The summed E-state index contributed by atoms with van der Waals surface area (Å²) in [6.45, 7) is 9.28. The monoisotopic (exact) mass is 848 g/mol. The van der Waals surface area contributed by atoms with Crippen molar-refractivity contribution >= 4 is 56.5 Å². The number of hydrogen-bond donors (Lipinski definition) is 4. The lowest BCUT2D eigenvalue weighted by Crippen LogP contribution is -2.61. The van der Waals surface area contributed by atoms with E-state index in [0.29, 0.717) is 22.3 Å². The van der Waals surface area contributed by atoms with Crippen LogP contribution in [-0.4, -0.2) is 94.6 Å². The van der Waals surface area contributed by atoms with E-state index in [4.69, 9.17) is 43.9 Å². The second-order valence-corrected chi connectivity index (χ2v) is 19.1. The smallest absolute Gasteiger partial charge is 0.167 e. The molecule has 0 radical (unpaired) electrons. The lowest BCUT2D eigenvalue weighted by molar-refractivity contribution is -0.0134. The summed E-state index contributed by atoms with van der Waals surface area (Å²) in [7, 11) is 3.46. The van der Waals surface area contributed by atoms with E-state index in [-0.39, 0.29) is 24.2 Å². The molecule has 2 aromatic heterocycles. The Morgan fingerprint density at radius 2 is 1.12 bits per heavy atom. The number of pyridine rings is 2. The van der Waals surface area contributed by atoms with E-state index < -0.39 is 0 Å². The van der Waals surface area contributed by atoms with E-state index in [1.54, 1.807) is 14.2 Å². The van der Waals surface area contributed by atoms with Crippen LogP contribution in [0.15, 0.2) is 60.9 Å². The van der Waals surface area contributed by atoms with Crippen LogP contribution in [0.2, 0.25) is 0 Å². The van der Waals surface area contributed by atoms with Crippen molar-refractivity contribution in [3.05, 3.63) is 72.1 Å². The third-order valence-corrected chi connectivity index (χ3v) is 15.8. The van der Waals surface area contributed by atoms with Gasteiger partial charge in [-0.3, -0.25) is 19.8 Å². The largest absolute Gasteiger partial charge is 0.497 e. The third kappa shape index (κ3) is 8.38. The number of rotatable bonds is 12. The molecule has 4 aromatic rings. The Bertz CT molecular complexity index is 2020.